The zero-order valence-corrected chi connectivity index (χ0v) is 15.2. The maximum absolute atomic E-state index is 13.0. The van der Waals surface area contributed by atoms with Crippen LogP contribution in [0.5, 0.6) is 0 Å². The molecule has 3 heterocycles. The van der Waals surface area contributed by atoms with Crippen molar-refractivity contribution in [2.24, 2.45) is 11.8 Å². The van der Waals surface area contributed by atoms with Gasteiger partial charge < -0.3 is 9.64 Å². The standard InChI is InChI=1S/C18H24N2O4S/c1-13-5-2-3-6-17(13)25(22,23)20-10-15-14(12-24-16(15)11-20)9-19-8-4-7-18(19)21/h2-3,5-6,14-16H,4,7-12H2,1H3/t14-,15+,16+/m0/s1. The van der Waals surface area contributed by atoms with Crippen LogP contribution in [0.1, 0.15) is 18.4 Å². The number of carbonyl (C=O) groups excluding carboxylic acids is 1. The zero-order valence-electron chi connectivity index (χ0n) is 14.4. The molecule has 1 amide bonds. The second-order valence-corrected chi connectivity index (χ2v) is 9.23. The quantitative estimate of drug-likeness (QED) is 0.807. The molecule has 0 spiro atoms. The van der Waals surface area contributed by atoms with Gasteiger partial charge in [0.2, 0.25) is 15.9 Å². The Hall–Kier alpha value is -1.44. The molecule has 0 N–H and O–H groups in total. The molecule has 6 nitrogen and oxygen atoms in total. The number of benzene rings is 1. The van der Waals surface area contributed by atoms with Crippen LogP contribution in [0.3, 0.4) is 0 Å². The molecule has 0 bridgehead atoms. The maximum atomic E-state index is 13.0. The third-order valence-corrected chi connectivity index (χ3v) is 7.73. The predicted molar refractivity (Wildman–Crippen MR) is 92.5 cm³/mol. The number of nitrogens with zero attached hydrogens (tertiary/aromatic N) is 2. The summed E-state index contributed by atoms with van der Waals surface area (Å²) in [5, 5.41) is 0. The topological polar surface area (TPSA) is 66.9 Å². The molecule has 0 aromatic heterocycles. The first-order chi connectivity index (χ1) is 12.0. The molecule has 25 heavy (non-hydrogen) atoms. The fourth-order valence-corrected chi connectivity index (χ4v) is 6.03. The van der Waals surface area contributed by atoms with Crippen LogP contribution in [0.2, 0.25) is 0 Å². The van der Waals surface area contributed by atoms with Gasteiger partial charge in [-0.1, -0.05) is 18.2 Å². The van der Waals surface area contributed by atoms with Crippen molar-refractivity contribution in [2.75, 3.05) is 32.8 Å². The summed E-state index contributed by atoms with van der Waals surface area (Å²) >= 11 is 0. The third kappa shape index (κ3) is 2.98. The van der Waals surface area contributed by atoms with Crippen molar-refractivity contribution in [2.45, 2.75) is 30.8 Å². The Morgan fingerprint density at radius 1 is 1.24 bits per heavy atom. The number of hydrogen-bond acceptors (Lipinski definition) is 4. The molecular formula is C18H24N2O4S. The molecule has 0 saturated carbocycles. The lowest BCUT2D eigenvalue weighted by Gasteiger charge is -2.24. The van der Waals surface area contributed by atoms with Crippen LogP contribution in [-0.2, 0) is 19.6 Å². The van der Waals surface area contributed by atoms with Crippen molar-refractivity contribution in [3.05, 3.63) is 29.8 Å². The number of rotatable bonds is 4. The van der Waals surface area contributed by atoms with Crippen molar-refractivity contribution >= 4 is 15.9 Å². The Balaban J connectivity index is 1.49. The Labute approximate surface area is 148 Å². The maximum Gasteiger partial charge on any atom is 0.243 e. The summed E-state index contributed by atoms with van der Waals surface area (Å²) in [5.74, 6) is 0.613. The minimum atomic E-state index is -3.50. The molecule has 1 aromatic rings. The third-order valence-electron chi connectivity index (χ3n) is 5.74. The minimum absolute atomic E-state index is 0.0542. The Morgan fingerprint density at radius 3 is 2.76 bits per heavy atom. The molecule has 3 aliphatic heterocycles. The van der Waals surface area contributed by atoms with E-state index < -0.39 is 10.0 Å². The monoisotopic (exact) mass is 364 g/mol. The normalized spacial score (nSPS) is 30.2. The van der Waals surface area contributed by atoms with E-state index >= 15 is 0 Å². The fourth-order valence-electron chi connectivity index (χ4n) is 4.31. The molecular weight excluding hydrogens is 340 g/mol. The Morgan fingerprint density at radius 2 is 2.04 bits per heavy atom. The fraction of sp³-hybridized carbons (Fsp3) is 0.611. The van der Waals surface area contributed by atoms with Gasteiger partial charge in [0.15, 0.2) is 0 Å². The van der Waals surface area contributed by atoms with Gasteiger partial charge in [-0.2, -0.15) is 4.31 Å². The minimum Gasteiger partial charge on any atom is -0.376 e. The van der Waals surface area contributed by atoms with Gasteiger partial charge in [-0.15, -0.1) is 0 Å². The lowest BCUT2D eigenvalue weighted by Crippen LogP contribution is -2.36. The molecule has 4 rings (SSSR count). The first-order valence-corrected chi connectivity index (χ1v) is 10.4. The molecule has 0 radical (unpaired) electrons. The van der Waals surface area contributed by atoms with Crippen LogP contribution < -0.4 is 0 Å². The second kappa shape index (κ2) is 6.37. The number of sulfonamides is 1. The van der Waals surface area contributed by atoms with E-state index in [2.05, 4.69) is 0 Å². The summed E-state index contributed by atoms with van der Waals surface area (Å²) < 4.78 is 33.4. The zero-order chi connectivity index (χ0) is 17.6. The molecule has 1 aromatic carbocycles. The smallest absolute Gasteiger partial charge is 0.243 e. The van der Waals surface area contributed by atoms with Gasteiger partial charge in [0.25, 0.3) is 0 Å². The van der Waals surface area contributed by atoms with Gasteiger partial charge >= 0.3 is 0 Å². The van der Waals surface area contributed by atoms with E-state index in [4.69, 9.17) is 4.74 Å². The van der Waals surface area contributed by atoms with E-state index in [0.717, 1.165) is 18.5 Å². The second-order valence-electron chi connectivity index (χ2n) is 7.33. The van der Waals surface area contributed by atoms with Crippen LogP contribution in [0.4, 0.5) is 0 Å². The first kappa shape index (κ1) is 17.0. The summed E-state index contributed by atoms with van der Waals surface area (Å²) in [5.41, 5.74) is 0.764. The van der Waals surface area contributed by atoms with Crippen molar-refractivity contribution in [3.8, 4) is 0 Å². The van der Waals surface area contributed by atoms with Crippen LogP contribution in [0.25, 0.3) is 0 Å². The number of aryl methyl sites for hydroxylation is 1. The SMILES string of the molecule is Cc1ccccc1S(=O)(=O)N1C[C@@H]2[C@@H](CN3CCCC3=O)CO[C@@H]2C1. The van der Waals surface area contributed by atoms with Crippen molar-refractivity contribution in [1.82, 2.24) is 9.21 Å². The van der Waals surface area contributed by atoms with Crippen LogP contribution in [0, 0.1) is 18.8 Å². The predicted octanol–water partition coefficient (Wildman–Crippen LogP) is 1.25. The molecule has 3 aliphatic rings. The summed E-state index contributed by atoms with van der Waals surface area (Å²) in [6, 6.07) is 7.09. The highest BCUT2D eigenvalue weighted by atomic mass is 32.2. The highest BCUT2D eigenvalue weighted by Gasteiger charge is 2.48. The highest BCUT2D eigenvalue weighted by molar-refractivity contribution is 7.89. The van der Waals surface area contributed by atoms with Gasteiger partial charge in [-0.3, -0.25) is 4.79 Å². The lowest BCUT2D eigenvalue weighted by atomic mass is 9.93. The molecule has 3 fully saturated rings. The van der Waals surface area contributed by atoms with Gasteiger partial charge in [0, 0.05) is 44.4 Å². The Kier molecular flexibility index (Phi) is 4.33. The number of amides is 1. The van der Waals surface area contributed by atoms with E-state index in [9.17, 15) is 13.2 Å². The molecule has 7 heteroatoms. The van der Waals surface area contributed by atoms with Crippen molar-refractivity contribution in [1.29, 1.82) is 0 Å². The van der Waals surface area contributed by atoms with E-state index in [-0.39, 0.29) is 23.8 Å². The number of carbonyl (C=O) groups is 1. The van der Waals surface area contributed by atoms with E-state index in [1.54, 1.807) is 16.4 Å². The summed E-state index contributed by atoms with van der Waals surface area (Å²) in [4.78, 5) is 14.2. The lowest BCUT2D eigenvalue weighted by molar-refractivity contribution is -0.128. The van der Waals surface area contributed by atoms with Crippen LogP contribution >= 0.6 is 0 Å². The molecule has 3 atom stereocenters. The summed E-state index contributed by atoms with van der Waals surface area (Å²) in [7, 11) is -3.50. The average Bonchev–Trinajstić information content (AvgIpc) is 3.26. The number of likely N-dealkylation sites (tertiary alicyclic amines) is 1. The molecule has 136 valence electrons. The molecule has 0 unspecified atom stereocenters. The summed E-state index contributed by atoms with van der Waals surface area (Å²) in [6.07, 6.45) is 1.51. The number of ether oxygens (including phenoxy) is 1. The van der Waals surface area contributed by atoms with Crippen molar-refractivity contribution in [3.63, 3.8) is 0 Å². The van der Waals surface area contributed by atoms with Crippen LogP contribution in [-0.4, -0.2) is 62.4 Å². The van der Waals surface area contributed by atoms with Crippen molar-refractivity contribution < 1.29 is 17.9 Å². The van der Waals surface area contributed by atoms with Gasteiger partial charge in [-0.05, 0) is 25.0 Å². The largest absolute Gasteiger partial charge is 0.376 e. The Bertz CT molecular complexity index is 779. The average molecular weight is 364 g/mol. The first-order valence-electron chi connectivity index (χ1n) is 8.92. The van der Waals surface area contributed by atoms with Gasteiger partial charge in [0.1, 0.15) is 0 Å². The molecule has 0 aliphatic carbocycles. The summed E-state index contributed by atoms with van der Waals surface area (Å²) in [6.45, 7) is 4.84. The van der Waals surface area contributed by atoms with Crippen LogP contribution in [0.15, 0.2) is 29.2 Å². The van der Waals surface area contributed by atoms with Gasteiger partial charge in [0.05, 0.1) is 17.6 Å². The number of fused-ring (bicyclic) bond motifs is 1. The van der Waals surface area contributed by atoms with E-state index in [0.29, 0.717) is 37.6 Å². The van der Waals surface area contributed by atoms with E-state index in [1.165, 1.54) is 0 Å². The van der Waals surface area contributed by atoms with Gasteiger partial charge in [-0.25, -0.2) is 8.42 Å². The highest BCUT2D eigenvalue weighted by Crippen LogP contribution is 2.37. The molecule has 3 saturated heterocycles. The van der Waals surface area contributed by atoms with E-state index in [1.807, 2.05) is 24.0 Å². The number of hydrogen-bond donors (Lipinski definition) is 0.